The van der Waals surface area contributed by atoms with Gasteiger partial charge in [-0.15, -0.1) is 0 Å². The summed E-state index contributed by atoms with van der Waals surface area (Å²) in [6.45, 7) is 1.28. The van der Waals surface area contributed by atoms with Crippen LogP contribution in [0.1, 0.15) is 0 Å². The Morgan fingerprint density at radius 2 is 2.44 bits per heavy atom. The molecule has 0 saturated carbocycles. The maximum absolute atomic E-state index is 11.2. The topological polar surface area (TPSA) is 102 Å². The van der Waals surface area contributed by atoms with Crippen LogP contribution in [0, 0.1) is 0 Å². The van der Waals surface area contributed by atoms with Crippen LogP contribution in [0.4, 0.5) is 11.5 Å². The van der Waals surface area contributed by atoms with Gasteiger partial charge in [-0.2, -0.15) is 5.10 Å². The SMILES string of the molecule is Nc1c(NCCn2cccn2)nc[nH]c1=O. The minimum atomic E-state index is -0.336. The average molecular weight is 220 g/mol. The van der Waals surface area contributed by atoms with E-state index in [9.17, 15) is 4.79 Å². The summed E-state index contributed by atoms with van der Waals surface area (Å²) < 4.78 is 1.77. The van der Waals surface area contributed by atoms with Crippen LogP contribution in [0.15, 0.2) is 29.6 Å². The van der Waals surface area contributed by atoms with Crippen molar-refractivity contribution < 1.29 is 0 Å². The number of anilines is 2. The Kier molecular flexibility index (Phi) is 2.86. The molecule has 0 aliphatic carbocycles. The normalized spacial score (nSPS) is 10.2. The Balaban J connectivity index is 1.95. The lowest BCUT2D eigenvalue weighted by molar-refractivity contribution is 0.637. The number of aromatic nitrogens is 4. The number of nitrogens with two attached hydrogens (primary N) is 1. The predicted octanol–water partition coefficient (Wildman–Crippen LogP) is -0.339. The van der Waals surface area contributed by atoms with Crippen molar-refractivity contribution in [3.05, 3.63) is 35.1 Å². The number of nitrogen functional groups attached to an aromatic ring is 1. The number of nitrogens with zero attached hydrogens (tertiary/aromatic N) is 3. The van der Waals surface area contributed by atoms with Gasteiger partial charge in [0.15, 0.2) is 5.82 Å². The fourth-order valence-electron chi connectivity index (χ4n) is 1.27. The Morgan fingerprint density at radius 3 is 3.19 bits per heavy atom. The summed E-state index contributed by atoms with van der Waals surface area (Å²) in [5.74, 6) is 0.399. The van der Waals surface area contributed by atoms with Crippen LogP contribution in [-0.2, 0) is 6.54 Å². The first-order valence-corrected chi connectivity index (χ1v) is 4.82. The van der Waals surface area contributed by atoms with E-state index in [0.717, 1.165) is 0 Å². The van der Waals surface area contributed by atoms with Gasteiger partial charge >= 0.3 is 0 Å². The number of H-pyrrole nitrogens is 1. The van der Waals surface area contributed by atoms with Crippen LogP contribution >= 0.6 is 0 Å². The molecule has 0 aromatic carbocycles. The Labute approximate surface area is 91.3 Å². The summed E-state index contributed by atoms with van der Waals surface area (Å²) >= 11 is 0. The first-order valence-electron chi connectivity index (χ1n) is 4.82. The maximum Gasteiger partial charge on any atom is 0.276 e. The molecular formula is C9H12N6O. The van der Waals surface area contributed by atoms with E-state index in [1.165, 1.54) is 6.33 Å². The molecule has 0 saturated heterocycles. The van der Waals surface area contributed by atoms with E-state index < -0.39 is 0 Å². The molecule has 0 aliphatic heterocycles. The molecule has 4 N–H and O–H groups in total. The molecule has 0 atom stereocenters. The highest BCUT2D eigenvalue weighted by atomic mass is 16.1. The second-order valence-corrected chi connectivity index (χ2v) is 3.19. The molecule has 2 rings (SSSR count). The van der Waals surface area contributed by atoms with Gasteiger partial charge in [0.05, 0.1) is 12.9 Å². The van der Waals surface area contributed by atoms with Crippen LogP contribution < -0.4 is 16.6 Å². The zero-order valence-corrected chi connectivity index (χ0v) is 8.55. The van der Waals surface area contributed by atoms with E-state index in [1.54, 1.807) is 10.9 Å². The molecule has 0 amide bonds. The highest BCUT2D eigenvalue weighted by Crippen LogP contribution is 2.06. The highest BCUT2D eigenvalue weighted by molar-refractivity contribution is 5.58. The third-order valence-electron chi connectivity index (χ3n) is 2.08. The summed E-state index contributed by atoms with van der Waals surface area (Å²) in [4.78, 5) is 17.5. The third kappa shape index (κ3) is 2.19. The van der Waals surface area contributed by atoms with Crippen molar-refractivity contribution in [3.8, 4) is 0 Å². The van der Waals surface area contributed by atoms with E-state index >= 15 is 0 Å². The van der Waals surface area contributed by atoms with Crippen molar-refractivity contribution >= 4 is 11.5 Å². The van der Waals surface area contributed by atoms with Gasteiger partial charge in [0.25, 0.3) is 5.56 Å². The molecule has 0 aliphatic rings. The van der Waals surface area contributed by atoms with Gasteiger partial charge in [0.1, 0.15) is 5.69 Å². The van der Waals surface area contributed by atoms with Crippen molar-refractivity contribution in [2.75, 3.05) is 17.6 Å². The summed E-state index contributed by atoms with van der Waals surface area (Å²) in [5, 5.41) is 7.02. The molecule has 7 heteroatoms. The third-order valence-corrected chi connectivity index (χ3v) is 2.08. The van der Waals surface area contributed by atoms with Gasteiger partial charge in [-0.05, 0) is 6.07 Å². The van der Waals surface area contributed by atoms with Crippen molar-refractivity contribution in [2.24, 2.45) is 0 Å². The van der Waals surface area contributed by atoms with E-state index in [1.807, 2.05) is 12.3 Å². The molecule has 2 aromatic rings. The Morgan fingerprint density at radius 1 is 1.56 bits per heavy atom. The molecular weight excluding hydrogens is 208 g/mol. The Hall–Kier alpha value is -2.31. The number of hydrogen-bond acceptors (Lipinski definition) is 5. The fourth-order valence-corrected chi connectivity index (χ4v) is 1.27. The monoisotopic (exact) mass is 220 g/mol. The molecule has 2 heterocycles. The fraction of sp³-hybridized carbons (Fsp3) is 0.222. The van der Waals surface area contributed by atoms with Gasteiger partial charge in [-0.1, -0.05) is 0 Å². The van der Waals surface area contributed by atoms with E-state index in [4.69, 9.17) is 5.73 Å². The van der Waals surface area contributed by atoms with Crippen molar-refractivity contribution in [1.29, 1.82) is 0 Å². The van der Waals surface area contributed by atoms with E-state index in [-0.39, 0.29) is 11.2 Å². The van der Waals surface area contributed by atoms with Crippen LogP contribution in [-0.4, -0.2) is 26.3 Å². The highest BCUT2D eigenvalue weighted by Gasteiger charge is 2.02. The summed E-state index contributed by atoms with van der Waals surface area (Å²) in [7, 11) is 0. The second kappa shape index (κ2) is 4.47. The molecule has 0 spiro atoms. The summed E-state index contributed by atoms with van der Waals surface area (Å²) in [6.07, 6.45) is 4.88. The van der Waals surface area contributed by atoms with Crippen LogP contribution in [0.2, 0.25) is 0 Å². The predicted molar refractivity (Wildman–Crippen MR) is 60.0 cm³/mol. The summed E-state index contributed by atoms with van der Waals surface area (Å²) in [5.41, 5.74) is 5.31. The number of nitrogens with one attached hydrogen (secondary N) is 2. The standard InChI is InChI=1S/C9H12N6O/c10-7-8(12-6-13-9(7)16)11-3-5-15-4-1-2-14-15/h1-2,4,6H,3,5,10H2,(H2,11,12,13,16). The van der Waals surface area contributed by atoms with E-state index in [0.29, 0.717) is 18.9 Å². The number of hydrogen-bond donors (Lipinski definition) is 3. The molecule has 84 valence electrons. The smallest absolute Gasteiger partial charge is 0.276 e. The first-order chi connectivity index (χ1) is 7.77. The van der Waals surface area contributed by atoms with Crippen LogP contribution in [0.25, 0.3) is 0 Å². The van der Waals surface area contributed by atoms with Crippen molar-refractivity contribution in [2.45, 2.75) is 6.54 Å². The molecule has 7 nitrogen and oxygen atoms in total. The van der Waals surface area contributed by atoms with Gasteiger partial charge in [-0.3, -0.25) is 9.48 Å². The van der Waals surface area contributed by atoms with Crippen molar-refractivity contribution in [3.63, 3.8) is 0 Å². The van der Waals surface area contributed by atoms with Crippen LogP contribution in [0.5, 0.6) is 0 Å². The average Bonchev–Trinajstić information content (AvgIpc) is 2.77. The zero-order chi connectivity index (χ0) is 11.4. The minimum Gasteiger partial charge on any atom is -0.391 e. The van der Waals surface area contributed by atoms with E-state index in [2.05, 4.69) is 20.4 Å². The van der Waals surface area contributed by atoms with Gasteiger partial charge in [-0.25, -0.2) is 4.98 Å². The first kappa shape index (κ1) is 10.2. The number of rotatable bonds is 4. The van der Waals surface area contributed by atoms with Gasteiger partial charge in [0, 0.05) is 18.9 Å². The quantitative estimate of drug-likeness (QED) is 0.654. The van der Waals surface area contributed by atoms with Crippen molar-refractivity contribution in [1.82, 2.24) is 19.7 Å². The lowest BCUT2D eigenvalue weighted by Crippen LogP contribution is -2.18. The molecule has 0 bridgehead atoms. The molecule has 0 unspecified atom stereocenters. The Bertz CT molecular complexity index is 503. The molecule has 0 fully saturated rings. The van der Waals surface area contributed by atoms with Crippen LogP contribution in [0.3, 0.4) is 0 Å². The minimum absolute atomic E-state index is 0.1000. The molecule has 2 aromatic heterocycles. The van der Waals surface area contributed by atoms with Gasteiger partial charge < -0.3 is 16.0 Å². The lowest BCUT2D eigenvalue weighted by atomic mass is 10.4. The van der Waals surface area contributed by atoms with Gasteiger partial charge in [0.2, 0.25) is 0 Å². The molecule has 0 radical (unpaired) electrons. The zero-order valence-electron chi connectivity index (χ0n) is 8.55. The lowest BCUT2D eigenvalue weighted by Gasteiger charge is -2.06. The summed E-state index contributed by atoms with van der Waals surface area (Å²) in [6, 6.07) is 1.85. The largest absolute Gasteiger partial charge is 0.391 e. The maximum atomic E-state index is 11.2. The number of aromatic amines is 1. The molecule has 16 heavy (non-hydrogen) atoms. The second-order valence-electron chi connectivity index (χ2n) is 3.19.